The quantitative estimate of drug-likeness (QED) is 0.874. The van der Waals surface area contributed by atoms with Gasteiger partial charge in [-0.15, -0.1) is 0 Å². The van der Waals surface area contributed by atoms with E-state index in [1.54, 1.807) is 42.2 Å². The molecule has 0 saturated heterocycles. The van der Waals surface area contributed by atoms with E-state index in [1.807, 2.05) is 18.2 Å². The predicted octanol–water partition coefficient (Wildman–Crippen LogP) is 3.58. The fourth-order valence-electron chi connectivity index (χ4n) is 2.50. The minimum absolute atomic E-state index is 0.0955. The van der Waals surface area contributed by atoms with Gasteiger partial charge in [0.15, 0.2) is 0 Å². The maximum Gasteiger partial charge on any atom is 0.259 e. The first-order valence-corrected chi connectivity index (χ1v) is 7.42. The second kappa shape index (κ2) is 5.81. The Hall–Kier alpha value is -2.33. The summed E-state index contributed by atoms with van der Waals surface area (Å²) in [4.78, 5) is 26.6. The van der Waals surface area contributed by atoms with Gasteiger partial charge in [-0.3, -0.25) is 9.59 Å². The lowest BCUT2D eigenvalue weighted by Gasteiger charge is -2.24. The van der Waals surface area contributed by atoms with Crippen LogP contribution in [0.1, 0.15) is 17.3 Å². The molecule has 1 N–H and O–H groups in total. The second-order valence-corrected chi connectivity index (χ2v) is 5.71. The van der Waals surface area contributed by atoms with Crippen molar-refractivity contribution in [3.63, 3.8) is 0 Å². The Labute approximate surface area is 133 Å². The molecule has 0 aromatic heterocycles. The molecule has 1 atom stereocenters. The Bertz CT molecular complexity index is 745. The van der Waals surface area contributed by atoms with Gasteiger partial charge in [-0.2, -0.15) is 0 Å². The van der Waals surface area contributed by atoms with Crippen molar-refractivity contribution in [3.05, 3.63) is 59.1 Å². The van der Waals surface area contributed by atoms with E-state index in [9.17, 15) is 9.59 Å². The molecule has 22 heavy (non-hydrogen) atoms. The van der Waals surface area contributed by atoms with E-state index in [1.165, 1.54) is 0 Å². The fourth-order valence-corrected chi connectivity index (χ4v) is 2.71. The number of hydrogen-bond acceptors (Lipinski definition) is 2. The van der Waals surface area contributed by atoms with Crippen molar-refractivity contribution in [2.45, 2.75) is 6.92 Å². The second-order valence-electron chi connectivity index (χ2n) is 5.30. The van der Waals surface area contributed by atoms with Gasteiger partial charge in [-0.05, 0) is 24.3 Å². The van der Waals surface area contributed by atoms with Crippen LogP contribution in [0.5, 0.6) is 0 Å². The number of carbonyl (C=O) groups is 2. The minimum Gasteiger partial charge on any atom is -0.324 e. The number of carbonyl (C=O) groups excluding carboxylic acids is 2. The van der Waals surface area contributed by atoms with E-state index < -0.39 is 0 Å². The summed E-state index contributed by atoms with van der Waals surface area (Å²) < 4.78 is 0. The van der Waals surface area contributed by atoms with Gasteiger partial charge in [0.2, 0.25) is 5.91 Å². The average Bonchev–Trinajstić information content (AvgIpc) is 2.64. The van der Waals surface area contributed by atoms with Crippen LogP contribution >= 0.6 is 11.6 Å². The summed E-state index contributed by atoms with van der Waals surface area (Å²) in [5, 5.41) is 3.26. The highest BCUT2D eigenvalue weighted by molar-refractivity contribution is 6.34. The van der Waals surface area contributed by atoms with Crippen molar-refractivity contribution in [3.8, 4) is 0 Å². The highest BCUT2D eigenvalue weighted by atomic mass is 35.5. The lowest BCUT2D eigenvalue weighted by Crippen LogP contribution is -2.36. The highest BCUT2D eigenvalue weighted by Gasteiger charge is 2.29. The van der Waals surface area contributed by atoms with Gasteiger partial charge in [0.1, 0.15) is 0 Å². The van der Waals surface area contributed by atoms with Crippen LogP contribution in [0.4, 0.5) is 11.4 Å². The molecular weight excluding hydrogens is 300 g/mol. The molecule has 0 saturated carbocycles. The van der Waals surface area contributed by atoms with Crippen molar-refractivity contribution < 1.29 is 9.59 Å². The van der Waals surface area contributed by atoms with Crippen molar-refractivity contribution >= 4 is 34.8 Å². The van der Waals surface area contributed by atoms with Gasteiger partial charge in [0.25, 0.3) is 5.91 Å². The molecule has 2 aromatic carbocycles. The molecule has 0 radical (unpaired) electrons. The van der Waals surface area contributed by atoms with Crippen LogP contribution in [-0.4, -0.2) is 18.4 Å². The van der Waals surface area contributed by atoms with Crippen LogP contribution in [0.2, 0.25) is 5.02 Å². The molecule has 0 aliphatic carbocycles. The minimum atomic E-state index is -0.307. The third-order valence-corrected chi connectivity index (χ3v) is 4.04. The van der Waals surface area contributed by atoms with Gasteiger partial charge in [0, 0.05) is 6.54 Å². The van der Waals surface area contributed by atoms with Crippen molar-refractivity contribution in [1.82, 2.24) is 0 Å². The number of fused-ring (bicyclic) bond motifs is 1. The zero-order valence-corrected chi connectivity index (χ0v) is 12.8. The Morgan fingerprint density at radius 3 is 2.64 bits per heavy atom. The summed E-state index contributed by atoms with van der Waals surface area (Å²) in [5.74, 6) is -0.609. The Kier molecular flexibility index (Phi) is 3.86. The Balaban J connectivity index is 2.07. The van der Waals surface area contributed by atoms with E-state index >= 15 is 0 Å². The SMILES string of the molecule is C[C@@H]1CN(C(=O)c2ccccc2Cl)c2ccccc2NC1=O. The van der Waals surface area contributed by atoms with E-state index in [-0.39, 0.29) is 17.7 Å². The molecule has 2 amide bonds. The van der Waals surface area contributed by atoms with Crippen LogP contribution in [0.15, 0.2) is 48.5 Å². The summed E-state index contributed by atoms with van der Waals surface area (Å²) in [6.45, 7) is 2.11. The summed E-state index contributed by atoms with van der Waals surface area (Å²) in [6, 6.07) is 14.2. The molecule has 0 unspecified atom stereocenters. The lowest BCUT2D eigenvalue weighted by molar-refractivity contribution is -0.119. The smallest absolute Gasteiger partial charge is 0.259 e. The molecule has 1 aliphatic heterocycles. The number of nitrogens with one attached hydrogen (secondary N) is 1. The van der Waals surface area contributed by atoms with Crippen LogP contribution in [0.3, 0.4) is 0 Å². The van der Waals surface area contributed by atoms with E-state index in [0.717, 1.165) is 0 Å². The zero-order valence-electron chi connectivity index (χ0n) is 12.0. The van der Waals surface area contributed by atoms with E-state index in [0.29, 0.717) is 28.5 Å². The van der Waals surface area contributed by atoms with Gasteiger partial charge in [0.05, 0.1) is 27.9 Å². The molecule has 1 heterocycles. The maximum atomic E-state index is 12.9. The van der Waals surface area contributed by atoms with Gasteiger partial charge < -0.3 is 10.2 Å². The first-order valence-electron chi connectivity index (χ1n) is 7.04. The van der Waals surface area contributed by atoms with Crippen LogP contribution < -0.4 is 10.2 Å². The number of hydrogen-bond donors (Lipinski definition) is 1. The number of nitrogens with zero attached hydrogens (tertiary/aromatic N) is 1. The average molecular weight is 315 g/mol. The largest absolute Gasteiger partial charge is 0.324 e. The molecule has 0 bridgehead atoms. The number of para-hydroxylation sites is 2. The molecule has 2 aromatic rings. The predicted molar refractivity (Wildman–Crippen MR) is 87.4 cm³/mol. The first-order chi connectivity index (χ1) is 10.6. The molecule has 5 heteroatoms. The number of halogens is 1. The molecule has 0 fully saturated rings. The number of amides is 2. The molecule has 3 rings (SSSR count). The molecule has 112 valence electrons. The van der Waals surface area contributed by atoms with Crippen LogP contribution in [-0.2, 0) is 4.79 Å². The lowest BCUT2D eigenvalue weighted by atomic mass is 10.1. The zero-order chi connectivity index (χ0) is 15.7. The standard InChI is InChI=1S/C17H15ClN2O2/c1-11-10-20(17(22)12-6-2-3-7-13(12)18)15-9-5-4-8-14(15)19-16(11)21/h2-9,11H,10H2,1H3,(H,19,21)/t11-/m1/s1. The Morgan fingerprint density at radius 1 is 1.18 bits per heavy atom. The van der Waals surface area contributed by atoms with Gasteiger partial charge >= 0.3 is 0 Å². The maximum absolute atomic E-state index is 12.9. The fraction of sp³-hybridized carbons (Fsp3) is 0.176. The van der Waals surface area contributed by atoms with Gasteiger partial charge in [-0.1, -0.05) is 42.8 Å². The van der Waals surface area contributed by atoms with Crippen molar-refractivity contribution in [1.29, 1.82) is 0 Å². The monoisotopic (exact) mass is 314 g/mol. The first kappa shape index (κ1) is 14.6. The normalized spacial score (nSPS) is 17.5. The highest BCUT2D eigenvalue weighted by Crippen LogP contribution is 2.31. The van der Waals surface area contributed by atoms with E-state index in [2.05, 4.69) is 5.32 Å². The topological polar surface area (TPSA) is 49.4 Å². The summed E-state index contributed by atoms with van der Waals surface area (Å²) in [6.07, 6.45) is 0. The third-order valence-electron chi connectivity index (χ3n) is 3.71. The molecular formula is C17H15ClN2O2. The van der Waals surface area contributed by atoms with Gasteiger partial charge in [-0.25, -0.2) is 0 Å². The van der Waals surface area contributed by atoms with Crippen molar-refractivity contribution in [2.75, 3.05) is 16.8 Å². The number of benzene rings is 2. The van der Waals surface area contributed by atoms with E-state index in [4.69, 9.17) is 11.6 Å². The van der Waals surface area contributed by atoms with Crippen molar-refractivity contribution in [2.24, 2.45) is 5.92 Å². The molecule has 4 nitrogen and oxygen atoms in total. The third kappa shape index (κ3) is 2.57. The number of anilines is 2. The molecule has 0 spiro atoms. The Morgan fingerprint density at radius 2 is 1.86 bits per heavy atom. The summed E-state index contributed by atoms with van der Waals surface area (Å²) in [7, 11) is 0. The van der Waals surface area contributed by atoms with Crippen LogP contribution in [0, 0.1) is 5.92 Å². The van der Waals surface area contributed by atoms with Crippen LogP contribution in [0.25, 0.3) is 0 Å². The number of rotatable bonds is 1. The molecule has 1 aliphatic rings. The summed E-state index contributed by atoms with van der Waals surface area (Å²) in [5.41, 5.74) is 1.75. The summed E-state index contributed by atoms with van der Waals surface area (Å²) >= 11 is 6.14.